The topological polar surface area (TPSA) is 89.0 Å². The van der Waals surface area contributed by atoms with Gasteiger partial charge in [0.1, 0.15) is 28.5 Å². The molecule has 5 rings (SSSR count). The summed E-state index contributed by atoms with van der Waals surface area (Å²) in [6.07, 6.45) is 4.05. The molecule has 1 aliphatic rings. The van der Waals surface area contributed by atoms with Gasteiger partial charge in [-0.3, -0.25) is 9.78 Å². The number of rotatable bonds is 10. The quantitative estimate of drug-likeness (QED) is 0.221. The maximum Gasteiger partial charge on any atom is 0.339 e. The van der Waals surface area contributed by atoms with Crippen LogP contribution < -0.4 is 14.4 Å². The van der Waals surface area contributed by atoms with Crippen molar-refractivity contribution in [2.45, 2.75) is 12.8 Å². The molecule has 1 N–H and O–H groups in total. The molecule has 1 aromatic heterocycles. The molecule has 0 amide bonds. The molecule has 0 radical (unpaired) electrons. The molecule has 0 atom stereocenters. The second-order valence-corrected chi connectivity index (χ2v) is 9.49. The minimum absolute atomic E-state index is 0.115. The summed E-state index contributed by atoms with van der Waals surface area (Å²) in [6, 6.07) is 22.3. The van der Waals surface area contributed by atoms with E-state index in [0.29, 0.717) is 22.4 Å². The minimum atomic E-state index is -1.21. The molecule has 1 fully saturated rings. The van der Waals surface area contributed by atoms with Crippen LogP contribution in [-0.2, 0) is 0 Å². The third kappa shape index (κ3) is 5.79. The fourth-order valence-electron chi connectivity index (χ4n) is 4.09. The Kier molecular flexibility index (Phi) is 7.29. The van der Waals surface area contributed by atoms with Crippen molar-refractivity contribution in [2.75, 3.05) is 18.6 Å². The Balaban J connectivity index is 1.38. The van der Waals surface area contributed by atoms with Crippen LogP contribution in [-0.4, -0.2) is 35.5 Å². The number of aromatic carboxylic acids is 1. The molecule has 1 heterocycles. The zero-order valence-corrected chi connectivity index (χ0v) is 21.4. The van der Waals surface area contributed by atoms with E-state index in [1.165, 1.54) is 38.2 Å². The van der Waals surface area contributed by atoms with E-state index >= 15 is 0 Å². The van der Waals surface area contributed by atoms with E-state index in [4.69, 9.17) is 21.1 Å². The highest BCUT2D eigenvalue weighted by atomic mass is 35.5. The van der Waals surface area contributed by atoms with Crippen LogP contribution in [0.5, 0.6) is 17.2 Å². The molecule has 7 nitrogen and oxygen atoms in total. The van der Waals surface area contributed by atoms with Crippen LogP contribution >= 0.6 is 11.6 Å². The van der Waals surface area contributed by atoms with E-state index in [1.807, 2.05) is 30.3 Å². The summed E-state index contributed by atoms with van der Waals surface area (Å²) in [5.74, 6) is 0.141. The third-order valence-electron chi connectivity index (χ3n) is 6.31. The third-order valence-corrected chi connectivity index (χ3v) is 6.56. The molecule has 3 aromatic carbocycles. The predicted octanol–water partition coefficient (Wildman–Crippen LogP) is 7.01. The molecule has 0 spiro atoms. The number of carboxylic acids is 1. The van der Waals surface area contributed by atoms with E-state index in [0.717, 1.165) is 17.9 Å². The number of halogens is 1. The van der Waals surface area contributed by atoms with Crippen molar-refractivity contribution in [1.29, 1.82) is 0 Å². The Hall–Kier alpha value is -4.36. The summed E-state index contributed by atoms with van der Waals surface area (Å²) >= 11 is 6.07. The number of carbonyl (C=O) groups is 2. The molecule has 0 saturated heterocycles. The first-order chi connectivity index (χ1) is 18.4. The Labute approximate surface area is 225 Å². The van der Waals surface area contributed by atoms with Gasteiger partial charge >= 0.3 is 5.97 Å². The standard InChI is InChI=1S/C30H25ClN2O5/c1-37-24-3-2-4-25(16-24)38-28-14-7-20(15-26(28)30(35)36)29(34)27-13-12-23(17-32-27)33(18-19-5-6-19)22-10-8-21(31)9-11-22/h2-4,7-17,19H,5-6,18H2,1H3,(H,35,36). The number of ether oxygens (including phenoxy) is 2. The van der Waals surface area contributed by atoms with Crippen molar-refractivity contribution < 1.29 is 24.2 Å². The molecule has 38 heavy (non-hydrogen) atoms. The largest absolute Gasteiger partial charge is 0.497 e. The number of carbonyl (C=O) groups excluding carboxylic acids is 1. The number of anilines is 2. The average molecular weight is 529 g/mol. The minimum Gasteiger partial charge on any atom is -0.497 e. The number of nitrogens with zero attached hydrogens (tertiary/aromatic N) is 2. The number of hydrogen-bond donors (Lipinski definition) is 1. The van der Waals surface area contributed by atoms with Gasteiger partial charge in [0.15, 0.2) is 0 Å². The number of aromatic nitrogens is 1. The lowest BCUT2D eigenvalue weighted by Gasteiger charge is -2.25. The number of pyridine rings is 1. The molecule has 4 aromatic rings. The predicted molar refractivity (Wildman–Crippen MR) is 145 cm³/mol. The smallest absolute Gasteiger partial charge is 0.339 e. The molecule has 0 aliphatic heterocycles. The average Bonchev–Trinajstić information content (AvgIpc) is 3.77. The lowest BCUT2D eigenvalue weighted by atomic mass is 10.0. The molecular weight excluding hydrogens is 504 g/mol. The van der Waals surface area contributed by atoms with Crippen LogP contribution in [0.4, 0.5) is 11.4 Å². The summed E-state index contributed by atoms with van der Waals surface area (Å²) in [6.45, 7) is 0.854. The summed E-state index contributed by atoms with van der Waals surface area (Å²) in [5.41, 5.74) is 2.15. The Morgan fingerprint density at radius 3 is 2.37 bits per heavy atom. The molecule has 1 aliphatic carbocycles. The number of methoxy groups -OCH3 is 1. The highest BCUT2D eigenvalue weighted by molar-refractivity contribution is 6.30. The second kappa shape index (κ2) is 10.9. The molecule has 8 heteroatoms. The van der Waals surface area contributed by atoms with Crippen LogP contribution in [0.25, 0.3) is 0 Å². The van der Waals surface area contributed by atoms with Crippen LogP contribution in [0.15, 0.2) is 85.1 Å². The Morgan fingerprint density at radius 2 is 1.71 bits per heavy atom. The summed E-state index contributed by atoms with van der Waals surface area (Å²) in [5, 5.41) is 10.4. The maximum absolute atomic E-state index is 13.2. The van der Waals surface area contributed by atoms with Crippen molar-refractivity contribution >= 4 is 34.7 Å². The van der Waals surface area contributed by atoms with Crippen molar-refractivity contribution in [3.8, 4) is 17.2 Å². The highest BCUT2D eigenvalue weighted by Crippen LogP contribution is 2.35. The van der Waals surface area contributed by atoms with Gasteiger partial charge in [0.05, 0.1) is 19.0 Å². The van der Waals surface area contributed by atoms with Gasteiger partial charge in [-0.1, -0.05) is 17.7 Å². The van der Waals surface area contributed by atoms with E-state index in [-0.39, 0.29) is 28.4 Å². The Bertz CT molecular complexity index is 1470. The normalized spacial score (nSPS) is 12.6. The lowest BCUT2D eigenvalue weighted by Crippen LogP contribution is -2.20. The fourth-order valence-corrected chi connectivity index (χ4v) is 4.21. The van der Waals surface area contributed by atoms with E-state index in [9.17, 15) is 14.7 Å². The maximum atomic E-state index is 13.2. The van der Waals surface area contributed by atoms with Gasteiger partial charge in [-0.05, 0) is 85.5 Å². The Morgan fingerprint density at radius 1 is 0.974 bits per heavy atom. The molecular formula is C30H25ClN2O5. The lowest BCUT2D eigenvalue weighted by molar-refractivity contribution is 0.0694. The first-order valence-electron chi connectivity index (χ1n) is 12.1. The van der Waals surface area contributed by atoms with Crippen LogP contribution in [0.1, 0.15) is 39.3 Å². The molecule has 0 bridgehead atoms. The van der Waals surface area contributed by atoms with E-state index in [2.05, 4.69) is 9.88 Å². The number of ketones is 1. The van der Waals surface area contributed by atoms with Gasteiger partial charge in [-0.2, -0.15) is 0 Å². The first-order valence-corrected chi connectivity index (χ1v) is 12.5. The van der Waals surface area contributed by atoms with Crippen molar-refractivity contribution in [3.63, 3.8) is 0 Å². The SMILES string of the molecule is COc1cccc(Oc2ccc(C(=O)c3ccc(N(CC4CC4)c4ccc(Cl)cc4)cn3)cc2C(=O)O)c1. The van der Waals surface area contributed by atoms with Crippen LogP contribution in [0, 0.1) is 5.92 Å². The van der Waals surface area contributed by atoms with Gasteiger partial charge in [0.25, 0.3) is 0 Å². The van der Waals surface area contributed by atoms with Gasteiger partial charge in [-0.25, -0.2) is 4.79 Å². The number of benzene rings is 3. The van der Waals surface area contributed by atoms with Gasteiger partial charge in [0, 0.05) is 28.9 Å². The van der Waals surface area contributed by atoms with Crippen molar-refractivity contribution in [2.24, 2.45) is 5.92 Å². The first kappa shape index (κ1) is 25.3. The van der Waals surface area contributed by atoms with Crippen LogP contribution in [0.3, 0.4) is 0 Å². The molecule has 0 unspecified atom stereocenters. The van der Waals surface area contributed by atoms with Gasteiger partial charge in [0.2, 0.25) is 5.78 Å². The number of carboxylic acid groups (broad SMARTS) is 1. The summed E-state index contributed by atoms with van der Waals surface area (Å²) in [7, 11) is 1.53. The van der Waals surface area contributed by atoms with Gasteiger partial charge < -0.3 is 19.5 Å². The molecule has 192 valence electrons. The highest BCUT2D eigenvalue weighted by Gasteiger charge is 2.26. The summed E-state index contributed by atoms with van der Waals surface area (Å²) < 4.78 is 11.0. The van der Waals surface area contributed by atoms with E-state index in [1.54, 1.807) is 36.5 Å². The van der Waals surface area contributed by atoms with Gasteiger partial charge in [-0.15, -0.1) is 0 Å². The van der Waals surface area contributed by atoms with E-state index < -0.39 is 5.97 Å². The zero-order valence-electron chi connectivity index (χ0n) is 20.6. The second-order valence-electron chi connectivity index (χ2n) is 9.06. The van der Waals surface area contributed by atoms with Crippen molar-refractivity contribution in [1.82, 2.24) is 4.98 Å². The monoisotopic (exact) mass is 528 g/mol. The van der Waals surface area contributed by atoms with Crippen LogP contribution in [0.2, 0.25) is 5.02 Å². The fraction of sp³-hybridized carbons (Fsp3) is 0.167. The summed E-state index contributed by atoms with van der Waals surface area (Å²) in [4.78, 5) is 31.8. The van der Waals surface area contributed by atoms with Crippen molar-refractivity contribution in [3.05, 3.63) is 107 Å². The molecule has 1 saturated carbocycles. The number of hydrogen-bond acceptors (Lipinski definition) is 6. The zero-order chi connectivity index (χ0) is 26.6.